The average molecular weight is 330 g/mol. The first kappa shape index (κ1) is 19.3. The van der Waals surface area contributed by atoms with Gasteiger partial charge in [0.05, 0.1) is 6.04 Å². The fourth-order valence-corrected chi connectivity index (χ4v) is 2.55. The molecule has 3 amide bonds. The van der Waals surface area contributed by atoms with E-state index >= 15 is 0 Å². The van der Waals surface area contributed by atoms with Gasteiger partial charge in [-0.25, -0.2) is 4.39 Å². The number of piperidine rings is 1. The molecule has 0 radical (unpaired) electrons. The summed E-state index contributed by atoms with van der Waals surface area (Å²) in [5, 5.41) is 2.64. The van der Waals surface area contributed by atoms with Gasteiger partial charge in [0.1, 0.15) is 0 Å². The van der Waals surface area contributed by atoms with Crippen molar-refractivity contribution in [2.24, 2.45) is 23.3 Å². The summed E-state index contributed by atoms with van der Waals surface area (Å²) < 4.78 is 13.5. The maximum atomic E-state index is 13.5. The Morgan fingerprint density at radius 3 is 2.30 bits per heavy atom. The Morgan fingerprint density at radius 2 is 1.83 bits per heavy atom. The molecule has 0 aromatic carbocycles. The summed E-state index contributed by atoms with van der Waals surface area (Å²) in [4.78, 5) is 36.2. The summed E-state index contributed by atoms with van der Waals surface area (Å²) in [6, 6.07) is -0.587. The molecule has 1 aliphatic rings. The number of nitrogens with one attached hydrogen (secondary N) is 1. The highest BCUT2D eigenvalue weighted by Crippen LogP contribution is 2.23. The second-order valence-electron chi connectivity index (χ2n) is 6.33. The highest BCUT2D eigenvalue weighted by atomic mass is 19.1. The van der Waals surface area contributed by atoms with Gasteiger partial charge >= 0.3 is 0 Å². The van der Waals surface area contributed by atoms with Gasteiger partial charge in [-0.15, -0.1) is 0 Å². The van der Waals surface area contributed by atoms with Crippen LogP contribution in [0.1, 0.15) is 33.1 Å². The van der Waals surface area contributed by atoms with E-state index in [1.54, 1.807) is 4.90 Å². The van der Waals surface area contributed by atoms with Crippen LogP contribution >= 0.6 is 0 Å². The Kier molecular flexibility index (Phi) is 7.41. The summed E-state index contributed by atoms with van der Waals surface area (Å²) in [7, 11) is 0. The minimum atomic E-state index is -1.65. The molecule has 1 heterocycles. The molecule has 0 aromatic rings. The van der Waals surface area contributed by atoms with Crippen LogP contribution in [0.5, 0.6) is 0 Å². The van der Waals surface area contributed by atoms with Crippen LogP contribution in [0.25, 0.3) is 0 Å². The normalized spacial score (nSPS) is 18.6. The number of nitrogens with zero attached hydrogens (tertiary/aromatic N) is 1. The van der Waals surface area contributed by atoms with Gasteiger partial charge in [-0.1, -0.05) is 13.8 Å². The van der Waals surface area contributed by atoms with Crippen LogP contribution in [0.4, 0.5) is 4.39 Å². The molecule has 1 saturated heterocycles. The van der Waals surface area contributed by atoms with Gasteiger partial charge in [0.2, 0.25) is 11.8 Å². The monoisotopic (exact) mass is 330 g/mol. The Morgan fingerprint density at radius 1 is 1.26 bits per heavy atom. The first-order chi connectivity index (χ1) is 10.7. The van der Waals surface area contributed by atoms with Gasteiger partial charge in [-0.05, 0) is 18.8 Å². The van der Waals surface area contributed by atoms with Crippen LogP contribution in [0.3, 0.4) is 0 Å². The maximum Gasteiger partial charge on any atom is 0.252 e. The lowest BCUT2D eigenvalue weighted by Crippen LogP contribution is -2.46. The number of nitrogens with two attached hydrogens (primary N) is 2. The van der Waals surface area contributed by atoms with Gasteiger partial charge in [-0.3, -0.25) is 14.4 Å². The number of hydrogen-bond donors (Lipinski definition) is 3. The zero-order valence-electron chi connectivity index (χ0n) is 13.8. The van der Waals surface area contributed by atoms with E-state index in [2.05, 4.69) is 5.32 Å². The summed E-state index contributed by atoms with van der Waals surface area (Å²) in [5.74, 6) is -1.70. The molecule has 1 fully saturated rings. The Hall–Kier alpha value is -1.70. The summed E-state index contributed by atoms with van der Waals surface area (Å²) >= 11 is 0. The smallest absolute Gasteiger partial charge is 0.252 e. The predicted octanol–water partition coefficient (Wildman–Crippen LogP) is -0.462. The van der Waals surface area contributed by atoms with E-state index < -0.39 is 24.0 Å². The average Bonchev–Trinajstić information content (AvgIpc) is 2.52. The number of carbonyl (C=O) groups is 3. The summed E-state index contributed by atoms with van der Waals surface area (Å²) in [5.41, 5.74) is 10.7. The Bertz CT molecular complexity index is 436. The van der Waals surface area contributed by atoms with Gasteiger partial charge in [0, 0.05) is 32.0 Å². The molecule has 7 nitrogen and oxygen atoms in total. The standard InChI is InChI=1S/C15H27FN4O3/c1-9(2)13(17)15(23)19-6-3-11(21)20-7-4-10(5-8-20)12(16)14(18)22/h9-10,12-13H,3-8,17H2,1-2H3,(H2,18,22)(H,19,23). The first-order valence-electron chi connectivity index (χ1n) is 7.98. The van der Waals surface area contributed by atoms with Crippen LogP contribution in [0.15, 0.2) is 0 Å². The lowest BCUT2D eigenvalue weighted by molar-refractivity contribution is -0.133. The van der Waals surface area contributed by atoms with Crippen LogP contribution in [-0.2, 0) is 14.4 Å². The first-order valence-corrected chi connectivity index (χ1v) is 7.98. The molecule has 0 aromatic heterocycles. The molecule has 132 valence electrons. The molecule has 0 saturated carbocycles. The van der Waals surface area contributed by atoms with Gasteiger partial charge in [0.15, 0.2) is 6.17 Å². The zero-order chi connectivity index (χ0) is 17.6. The molecular formula is C15H27FN4O3. The van der Waals surface area contributed by atoms with Crippen molar-refractivity contribution in [3.05, 3.63) is 0 Å². The fraction of sp³-hybridized carbons (Fsp3) is 0.800. The van der Waals surface area contributed by atoms with Crippen LogP contribution in [-0.4, -0.2) is 54.5 Å². The number of hydrogen-bond acceptors (Lipinski definition) is 4. The molecule has 2 unspecified atom stereocenters. The van der Waals surface area contributed by atoms with Crippen molar-refractivity contribution in [1.29, 1.82) is 0 Å². The van der Waals surface area contributed by atoms with E-state index in [0.29, 0.717) is 25.9 Å². The quantitative estimate of drug-likeness (QED) is 0.585. The number of amides is 3. The number of halogens is 1. The number of alkyl halides is 1. The Labute approximate surface area is 135 Å². The SMILES string of the molecule is CC(C)C(N)C(=O)NCCC(=O)N1CCC(C(F)C(N)=O)CC1. The van der Waals surface area contributed by atoms with Crippen LogP contribution in [0.2, 0.25) is 0 Å². The fourth-order valence-electron chi connectivity index (χ4n) is 2.55. The zero-order valence-corrected chi connectivity index (χ0v) is 13.8. The van der Waals surface area contributed by atoms with E-state index in [4.69, 9.17) is 11.5 Å². The van der Waals surface area contributed by atoms with Gasteiger partial charge in [-0.2, -0.15) is 0 Å². The highest BCUT2D eigenvalue weighted by Gasteiger charge is 2.31. The maximum absolute atomic E-state index is 13.5. The molecule has 0 bridgehead atoms. The number of carbonyl (C=O) groups excluding carboxylic acids is 3. The molecule has 0 spiro atoms. The molecular weight excluding hydrogens is 303 g/mol. The van der Waals surface area contributed by atoms with Crippen LogP contribution < -0.4 is 16.8 Å². The lowest BCUT2D eigenvalue weighted by atomic mass is 9.91. The van der Waals surface area contributed by atoms with Crippen molar-refractivity contribution in [3.63, 3.8) is 0 Å². The number of primary amides is 1. The van der Waals surface area contributed by atoms with E-state index in [1.807, 2.05) is 13.8 Å². The van der Waals surface area contributed by atoms with Crippen molar-refractivity contribution in [2.45, 2.75) is 45.3 Å². The second-order valence-corrected chi connectivity index (χ2v) is 6.33. The van der Waals surface area contributed by atoms with Crippen LogP contribution in [0, 0.1) is 11.8 Å². The largest absolute Gasteiger partial charge is 0.367 e. The van der Waals surface area contributed by atoms with E-state index in [0.717, 1.165) is 0 Å². The molecule has 1 aliphatic heterocycles. The lowest BCUT2D eigenvalue weighted by Gasteiger charge is -2.32. The molecule has 8 heteroatoms. The third-order valence-electron chi connectivity index (χ3n) is 4.24. The van der Waals surface area contributed by atoms with Crippen molar-refractivity contribution < 1.29 is 18.8 Å². The molecule has 1 rings (SSSR count). The molecule has 5 N–H and O–H groups in total. The summed E-state index contributed by atoms with van der Waals surface area (Å²) in [6.07, 6.45) is -0.638. The third kappa shape index (κ3) is 5.78. The minimum Gasteiger partial charge on any atom is -0.367 e. The van der Waals surface area contributed by atoms with E-state index in [9.17, 15) is 18.8 Å². The molecule has 2 atom stereocenters. The van der Waals surface area contributed by atoms with E-state index in [1.165, 1.54) is 0 Å². The molecule has 23 heavy (non-hydrogen) atoms. The molecule has 0 aliphatic carbocycles. The van der Waals surface area contributed by atoms with Gasteiger partial charge in [0.25, 0.3) is 5.91 Å². The van der Waals surface area contributed by atoms with Crippen molar-refractivity contribution in [3.8, 4) is 0 Å². The minimum absolute atomic E-state index is 0.0311. The third-order valence-corrected chi connectivity index (χ3v) is 4.24. The second kappa shape index (κ2) is 8.81. The highest BCUT2D eigenvalue weighted by molar-refractivity contribution is 5.83. The van der Waals surface area contributed by atoms with E-state index in [-0.39, 0.29) is 30.7 Å². The summed E-state index contributed by atoms with van der Waals surface area (Å²) in [6.45, 7) is 4.73. The van der Waals surface area contributed by atoms with Crippen molar-refractivity contribution in [1.82, 2.24) is 10.2 Å². The number of likely N-dealkylation sites (tertiary alicyclic amines) is 1. The topological polar surface area (TPSA) is 119 Å². The Balaban J connectivity index is 2.30. The van der Waals surface area contributed by atoms with Gasteiger partial charge < -0.3 is 21.7 Å². The predicted molar refractivity (Wildman–Crippen MR) is 83.8 cm³/mol. The van der Waals surface area contributed by atoms with Crippen molar-refractivity contribution >= 4 is 17.7 Å². The van der Waals surface area contributed by atoms with Crippen molar-refractivity contribution in [2.75, 3.05) is 19.6 Å². The number of rotatable bonds is 7.